The monoisotopic (exact) mass is 237 g/mol. The summed E-state index contributed by atoms with van der Waals surface area (Å²) in [5.74, 6) is -0.0616. The van der Waals surface area contributed by atoms with Crippen molar-refractivity contribution < 1.29 is 12.8 Å². The van der Waals surface area contributed by atoms with Crippen LogP contribution in [0.4, 0.5) is 4.39 Å². The van der Waals surface area contributed by atoms with Crippen molar-refractivity contribution in [1.29, 1.82) is 0 Å². The van der Waals surface area contributed by atoms with E-state index < -0.39 is 20.8 Å². The van der Waals surface area contributed by atoms with E-state index in [-0.39, 0.29) is 18.2 Å². The van der Waals surface area contributed by atoms with Gasteiger partial charge in [-0.25, -0.2) is 12.8 Å². The van der Waals surface area contributed by atoms with E-state index in [4.69, 9.17) is 5.73 Å². The molecule has 1 aliphatic carbocycles. The molecule has 90 valence electrons. The quantitative estimate of drug-likeness (QED) is 0.804. The van der Waals surface area contributed by atoms with E-state index in [0.717, 1.165) is 0 Å². The zero-order chi connectivity index (χ0) is 11.7. The number of alkyl halides is 1. The number of hydrogen-bond donors (Lipinski definition) is 1. The van der Waals surface area contributed by atoms with Gasteiger partial charge in [-0.3, -0.25) is 0 Å². The largest absolute Gasteiger partial charge is 0.328 e. The maximum absolute atomic E-state index is 14.0. The minimum Gasteiger partial charge on any atom is -0.328 e. The molecule has 0 aromatic carbocycles. The number of halogens is 1. The first kappa shape index (κ1) is 12.9. The average Bonchev–Trinajstić information content (AvgIpc) is 2.44. The number of hydrogen-bond acceptors (Lipinski definition) is 3. The van der Waals surface area contributed by atoms with E-state index in [9.17, 15) is 12.8 Å². The second-order valence-corrected chi connectivity index (χ2v) is 7.50. The third-order valence-electron chi connectivity index (χ3n) is 3.14. The molecule has 0 saturated heterocycles. The van der Waals surface area contributed by atoms with Crippen LogP contribution in [0.5, 0.6) is 0 Å². The Balaban J connectivity index is 2.51. The second kappa shape index (κ2) is 4.37. The lowest BCUT2D eigenvalue weighted by atomic mass is 10.0. The molecule has 0 amide bonds. The van der Waals surface area contributed by atoms with Gasteiger partial charge in [-0.1, -0.05) is 0 Å². The lowest BCUT2D eigenvalue weighted by Gasteiger charge is -2.19. The standard InChI is InChI=1S/C10H20FNO2S/c1-8(2)15(13,14)6-5-10(11)4-3-9(12)7-10/h8-9H,3-7,12H2,1-2H3. The van der Waals surface area contributed by atoms with Gasteiger partial charge in [-0.15, -0.1) is 0 Å². The summed E-state index contributed by atoms with van der Waals surface area (Å²) in [5, 5.41) is -0.420. The summed E-state index contributed by atoms with van der Waals surface area (Å²) in [6.07, 6.45) is 1.47. The number of rotatable bonds is 4. The lowest BCUT2D eigenvalue weighted by Crippen LogP contribution is -2.28. The van der Waals surface area contributed by atoms with Crippen molar-refractivity contribution in [2.24, 2.45) is 5.73 Å². The van der Waals surface area contributed by atoms with Gasteiger partial charge in [-0.05, 0) is 39.5 Å². The predicted octanol–water partition coefficient (Wildman–Crippen LogP) is 1.42. The minimum atomic E-state index is -3.12. The molecule has 0 spiro atoms. The van der Waals surface area contributed by atoms with Crippen LogP contribution in [0.2, 0.25) is 0 Å². The fourth-order valence-corrected chi connectivity index (χ4v) is 3.03. The summed E-state index contributed by atoms with van der Waals surface area (Å²) < 4.78 is 37.0. The highest BCUT2D eigenvalue weighted by atomic mass is 32.2. The van der Waals surface area contributed by atoms with Gasteiger partial charge in [0.1, 0.15) is 5.67 Å². The maximum atomic E-state index is 14.0. The van der Waals surface area contributed by atoms with Crippen LogP contribution in [0.1, 0.15) is 39.5 Å². The van der Waals surface area contributed by atoms with Crippen LogP contribution >= 0.6 is 0 Å². The normalized spacial score (nSPS) is 32.5. The maximum Gasteiger partial charge on any atom is 0.152 e. The molecule has 1 aliphatic rings. The van der Waals surface area contributed by atoms with Crippen LogP contribution in [0.3, 0.4) is 0 Å². The lowest BCUT2D eigenvalue weighted by molar-refractivity contribution is 0.165. The molecule has 0 aromatic rings. The van der Waals surface area contributed by atoms with Gasteiger partial charge in [0.15, 0.2) is 9.84 Å². The van der Waals surface area contributed by atoms with Gasteiger partial charge in [-0.2, -0.15) is 0 Å². The van der Waals surface area contributed by atoms with Gasteiger partial charge in [0.25, 0.3) is 0 Å². The molecular formula is C10H20FNO2S. The molecule has 3 nitrogen and oxygen atoms in total. The van der Waals surface area contributed by atoms with Gasteiger partial charge in [0, 0.05) is 6.04 Å². The molecule has 0 aliphatic heterocycles. The van der Waals surface area contributed by atoms with Gasteiger partial charge in [0.05, 0.1) is 11.0 Å². The van der Waals surface area contributed by atoms with Crippen LogP contribution in [0.25, 0.3) is 0 Å². The van der Waals surface area contributed by atoms with Crippen molar-refractivity contribution in [3.8, 4) is 0 Å². The molecule has 1 saturated carbocycles. The Bertz CT molecular complexity index is 315. The molecular weight excluding hydrogens is 217 g/mol. The van der Waals surface area contributed by atoms with E-state index in [2.05, 4.69) is 0 Å². The summed E-state index contributed by atoms with van der Waals surface area (Å²) in [6, 6.07) is -0.100. The van der Waals surface area contributed by atoms with Crippen molar-refractivity contribution in [2.75, 3.05) is 5.75 Å². The second-order valence-electron chi connectivity index (χ2n) is 4.82. The van der Waals surface area contributed by atoms with Crippen molar-refractivity contribution in [2.45, 2.75) is 56.5 Å². The topological polar surface area (TPSA) is 60.2 Å². The van der Waals surface area contributed by atoms with E-state index in [1.54, 1.807) is 13.8 Å². The molecule has 2 N–H and O–H groups in total. The zero-order valence-corrected chi connectivity index (χ0v) is 10.2. The summed E-state index contributed by atoms with van der Waals surface area (Å²) in [7, 11) is -3.12. The summed E-state index contributed by atoms with van der Waals surface area (Å²) in [4.78, 5) is 0. The average molecular weight is 237 g/mol. The molecule has 1 fully saturated rings. The summed E-state index contributed by atoms with van der Waals surface area (Å²) >= 11 is 0. The molecule has 1 rings (SSSR count). The highest BCUT2D eigenvalue weighted by Crippen LogP contribution is 2.36. The predicted molar refractivity (Wildman–Crippen MR) is 59.2 cm³/mol. The Kier molecular flexibility index (Phi) is 3.76. The molecule has 0 radical (unpaired) electrons. The first-order valence-electron chi connectivity index (χ1n) is 5.41. The third kappa shape index (κ3) is 3.41. The number of nitrogens with two attached hydrogens (primary N) is 1. The Morgan fingerprint density at radius 2 is 2.13 bits per heavy atom. The van der Waals surface area contributed by atoms with Crippen molar-refractivity contribution >= 4 is 9.84 Å². The molecule has 5 heteroatoms. The smallest absolute Gasteiger partial charge is 0.152 e. The SMILES string of the molecule is CC(C)S(=O)(=O)CCC1(F)CCC(N)C1. The Labute approximate surface area is 91.1 Å². The zero-order valence-electron chi connectivity index (χ0n) is 9.37. The van der Waals surface area contributed by atoms with E-state index in [0.29, 0.717) is 19.3 Å². The van der Waals surface area contributed by atoms with Crippen LogP contribution in [-0.2, 0) is 9.84 Å². The molecule has 2 unspecified atom stereocenters. The van der Waals surface area contributed by atoms with Gasteiger partial charge in [0.2, 0.25) is 0 Å². The summed E-state index contributed by atoms with van der Waals surface area (Å²) in [6.45, 7) is 3.25. The number of sulfone groups is 1. The van der Waals surface area contributed by atoms with Gasteiger partial charge >= 0.3 is 0 Å². The van der Waals surface area contributed by atoms with Crippen molar-refractivity contribution in [1.82, 2.24) is 0 Å². The minimum absolute atomic E-state index is 0.0616. The summed E-state index contributed by atoms with van der Waals surface area (Å²) in [5.41, 5.74) is 4.27. The molecule has 15 heavy (non-hydrogen) atoms. The van der Waals surface area contributed by atoms with Crippen LogP contribution in [0.15, 0.2) is 0 Å². The Morgan fingerprint density at radius 3 is 2.53 bits per heavy atom. The molecule has 2 atom stereocenters. The van der Waals surface area contributed by atoms with Crippen molar-refractivity contribution in [3.63, 3.8) is 0 Å². The van der Waals surface area contributed by atoms with Crippen LogP contribution in [-0.4, -0.2) is 31.1 Å². The van der Waals surface area contributed by atoms with Crippen molar-refractivity contribution in [3.05, 3.63) is 0 Å². The van der Waals surface area contributed by atoms with Gasteiger partial charge < -0.3 is 5.73 Å². The fourth-order valence-electron chi connectivity index (χ4n) is 1.91. The van der Waals surface area contributed by atoms with E-state index in [1.807, 2.05) is 0 Å². The van der Waals surface area contributed by atoms with Crippen LogP contribution in [0, 0.1) is 0 Å². The molecule has 0 heterocycles. The fraction of sp³-hybridized carbons (Fsp3) is 1.00. The highest BCUT2D eigenvalue weighted by molar-refractivity contribution is 7.91. The highest BCUT2D eigenvalue weighted by Gasteiger charge is 2.38. The van der Waals surface area contributed by atoms with Crippen LogP contribution < -0.4 is 5.73 Å². The Hall–Kier alpha value is -0.160. The molecule has 0 aromatic heterocycles. The van der Waals surface area contributed by atoms with E-state index in [1.165, 1.54) is 0 Å². The molecule has 0 bridgehead atoms. The third-order valence-corrected chi connectivity index (χ3v) is 5.35. The first-order valence-corrected chi connectivity index (χ1v) is 7.13. The Morgan fingerprint density at radius 1 is 1.53 bits per heavy atom. The van der Waals surface area contributed by atoms with E-state index >= 15 is 0 Å². The first-order chi connectivity index (χ1) is 6.75.